The molecule has 0 unspecified atom stereocenters. The van der Waals surface area contributed by atoms with Crippen LogP contribution in [0.1, 0.15) is 31.7 Å². The minimum absolute atomic E-state index is 0.0629. The number of sulfonamides is 1. The second-order valence-corrected chi connectivity index (χ2v) is 7.28. The molecule has 8 heteroatoms. The maximum absolute atomic E-state index is 11.9. The number of para-hydroxylation sites is 2. The first kappa shape index (κ1) is 12.3. The lowest BCUT2D eigenvalue weighted by atomic mass is 10.1. The summed E-state index contributed by atoms with van der Waals surface area (Å²) in [5.41, 5.74) is 0.444. The number of rotatable bonds is 11. The van der Waals surface area contributed by atoms with Crippen LogP contribution in [0, 0.1) is 0 Å². The predicted octanol–water partition coefficient (Wildman–Crippen LogP) is 2.34. The molecule has 3 N–H and O–H groups in total. The van der Waals surface area contributed by atoms with Crippen molar-refractivity contribution in [3.05, 3.63) is 47.9 Å². The summed E-state index contributed by atoms with van der Waals surface area (Å²) in [6, 6.07) is 1.14. The third kappa shape index (κ3) is 6.40. The molecule has 2 rings (SSSR count). The van der Waals surface area contributed by atoms with E-state index in [4.69, 9.17) is 31.7 Å². The molecular weight excluding hydrogens is 380 g/mol. The maximum Gasteiger partial charge on any atom is 0.241 e. The molecule has 1 atom stereocenters. The van der Waals surface area contributed by atoms with Crippen molar-refractivity contribution in [1.29, 1.82) is 0 Å². The highest BCUT2D eigenvalue weighted by Gasteiger charge is 2.16. The minimum atomic E-state index is -4.31. The molecule has 0 aliphatic carbocycles. The molecule has 0 aliphatic rings. The second kappa shape index (κ2) is 10.3. The zero-order chi connectivity index (χ0) is 28.3. The lowest BCUT2D eigenvalue weighted by molar-refractivity contribution is 0.272. The van der Waals surface area contributed by atoms with E-state index >= 15 is 0 Å². The van der Waals surface area contributed by atoms with Crippen LogP contribution in [0.5, 0.6) is 17.2 Å². The van der Waals surface area contributed by atoms with Gasteiger partial charge in [-0.1, -0.05) is 18.2 Å². The average Bonchev–Trinajstić information content (AvgIpc) is 2.76. The standard InChI is InChI=1S/C20H28N2O5S/c1-4-26-17-7-5-6-8-18(17)27-12-11-22-15(2)13-16-9-10-19(25-3)20(14-16)28(21,23)24/h5-10,14-15,22H,4,11-13H2,1-3H3,(H2,21,23,24)/t15-/m1/s1/i3D3,5D,6D,7D,8D,12D2. The average molecular weight is 418 g/mol. The first-order valence-corrected chi connectivity index (χ1v) is 9.91. The first-order chi connectivity index (χ1) is 16.9. The van der Waals surface area contributed by atoms with Gasteiger partial charge in [0.2, 0.25) is 10.0 Å². The normalized spacial score (nSPS) is 18.0. The van der Waals surface area contributed by atoms with Gasteiger partial charge in [-0.2, -0.15) is 0 Å². The molecule has 2 aromatic rings. The van der Waals surface area contributed by atoms with Crippen LogP contribution < -0.4 is 24.7 Å². The number of nitrogens with two attached hydrogens (primary N) is 1. The van der Waals surface area contributed by atoms with Gasteiger partial charge in [0, 0.05) is 12.6 Å². The molecule has 0 bridgehead atoms. The van der Waals surface area contributed by atoms with Crippen LogP contribution in [0.4, 0.5) is 0 Å². The molecule has 0 heterocycles. The van der Waals surface area contributed by atoms with Gasteiger partial charge < -0.3 is 19.5 Å². The smallest absolute Gasteiger partial charge is 0.241 e. The van der Waals surface area contributed by atoms with Crippen LogP contribution in [0.25, 0.3) is 0 Å². The summed E-state index contributed by atoms with van der Waals surface area (Å²) in [5, 5.41) is 8.08. The second-order valence-electron chi connectivity index (χ2n) is 5.75. The molecule has 2 aromatic carbocycles. The summed E-state index contributed by atoms with van der Waals surface area (Å²) in [7, 11) is -7.19. The molecule has 154 valence electrons. The fourth-order valence-electron chi connectivity index (χ4n) is 2.34. The van der Waals surface area contributed by atoms with E-state index in [0.717, 1.165) is 0 Å². The van der Waals surface area contributed by atoms with E-state index in [1.807, 2.05) is 0 Å². The van der Waals surface area contributed by atoms with E-state index in [1.54, 1.807) is 13.8 Å². The summed E-state index contributed by atoms with van der Waals surface area (Å²) in [6.45, 7) is 0.505. The van der Waals surface area contributed by atoms with Crippen molar-refractivity contribution in [2.75, 3.05) is 26.7 Å². The Bertz CT molecular complexity index is 1240. The maximum atomic E-state index is 11.9. The van der Waals surface area contributed by atoms with Crippen LogP contribution in [0.3, 0.4) is 0 Å². The predicted molar refractivity (Wildman–Crippen MR) is 109 cm³/mol. The van der Waals surface area contributed by atoms with Gasteiger partial charge in [0.25, 0.3) is 0 Å². The summed E-state index contributed by atoms with van der Waals surface area (Å²) < 4.78 is 109. The van der Waals surface area contributed by atoms with E-state index in [0.29, 0.717) is 5.56 Å². The summed E-state index contributed by atoms with van der Waals surface area (Å²) in [5.74, 6) is -1.19. The number of ether oxygens (including phenoxy) is 3. The minimum Gasteiger partial charge on any atom is -0.495 e. The number of methoxy groups -OCH3 is 1. The van der Waals surface area contributed by atoms with Crippen LogP contribution in [0.15, 0.2) is 47.3 Å². The molecule has 0 radical (unpaired) electrons. The third-order valence-corrected chi connectivity index (χ3v) is 4.50. The number of primary sulfonamides is 1. The zero-order valence-corrected chi connectivity index (χ0v) is 16.3. The Balaban J connectivity index is 2.18. The largest absolute Gasteiger partial charge is 0.495 e. The Labute approximate surface area is 179 Å². The molecule has 0 aliphatic heterocycles. The fraction of sp³-hybridized carbons (Fsp3) is 0.400. The molecule has 0 saturated carbocycles. The molecule has 0 aromatic heterocycles. The van der Waals surface area contributed by atoms with Crippen LogP contribution in [-0.2, 0) is 16.4 Å². The van der Waals surface area contributed by atoms with Gasteiger partial charge in [-0.3, -0.25) is 0 Å². The Morgan fingerprint density at radius 3 is 2.61 bits per heavy atom. The number of nitrogens with one attached hydrogen (secondary N) is 1. The first-order valence-electron chi connectivity index (χ1n) is 12.9. The van der Waals surface area contributed by atoms with Crippen molar-refractivity contribution in [2.24, 2.45) is 5.14 Å². The van der Waals surface area contributed by atoms with E-state index in [-0.39, 0.29) is 18.8 Å². The summed E-state index contributed by atoms with van der Waals surface area (Å²) in [6.07, 6.45) is 0.182. The Morgan fingerprint density at radius 2 is 1.96 bits per heavy atom. The summed E-state index contributed by atoms with van der Waals surface area (Å²) >= 11 is 0. The molecule has 0 fully saturated rings. The van der Waals surface area contributed by atoms with Crippen molar-refractivity contribution in [3.8, 4) is 17.2 Å². The molecule has 28 heavy (non-hydrogen) atoms. The lowest BCUT2D eigenvalue weighted by Crippen LogP contribution is -2.32. The molecule has 0 amide bonds. The van der Waals surface area contributed by atoms with Gasteiger partial charge in [-0.05, 0) is 50.0 Å². The van der Waals surface area contributed by atoms with Crippen molar-refractivity contribution in [2.45, 2.75) is 31.2 Å². The third-order valence-electron chi connectivity index (χ3n) is 3.57. The van der Waals surface area contributed by atoms with Crippen molar-refractivity contribution in [3.63, 3.8) is 0 Å². The van der Waals surface area contributed by atoms with Crippen molar-refractivity contribution in [1.82, 2.24) is 5.32 Å². The van der Waals surface area contributed by atoms with E-state index in [9.17, 15) is 8.42 Å². The van der Waals surface area contributed by atoms with Gasteiger partial charge in [0.05, 0.1) is 26.0 Å². The highest BCUT2D eigenvalue weighted by molar-refractivity contribution is 7.89. The lowest BCUT2D eigenvalue weighted by Gasteiger charge is -2.16. The van der Waals surface area contributed by atoms with Gasteiger partial charge in [-0.25, -0.2) is 13.6 Å². The Morgan fingerprint density at radius 1 is 1.25 bits per heavy atom. The molecular formula is C20H28N2O5S. The fourth-order valence-corrected chi connectivity index (χ4v) is 3.05. The van der Waals surface area contributed by atoms with Gasteiger partial charge >= 0.3 is 0 Å². The quantitative estimate of drug-likeness (QED) is 0.582. The molecule has 7 nitrogen and oxygen atoms in total. The number of hydrogen-bond donors (Lipinski definition) is 2. The van der Waals surface area contributed by atoms with Gasteiger partial charge in [0.1, 0.15) is 17.2 Å². The van der Waals surface area contributed by atoms with Crippen molar-refractivity contribution >= 4 is 10.0 Å². The van der Waals surface area contributed by atoms with E-state index in [2.05, 4.69) is 5.32 Å². The SMILES string of the molecule is [2H]c1c([2H])c([2H])c(OC([2H])([2H])CN[C@H](C)Cc2ccc(OC([2H])([2H])[2H])c(S(N)(=O)=O)c2)c(OCC)c1[2H]. The van der Waals surface area contributed by atoms with Gasteiger partial charge in [0.15, 0.2) is 11.5 Å². The van der Waals surface area contributed by atoms with Gasteiger partial charge in [-0.15, -0.1) is 0 Å². The Kier molecular flexibility index (Phi) is 4.53. The monoisotopic (exact) mass is 417 g/mol. The van der Waals surface area contributed by atoms with Crippen LogP contribution in [-0.4, -0.2) is 41.2 Å². The number of hydrogen-bond acceptors (Lipinski definition) is 6. The van der Waals surface area contributed by atoms with E-state index < -0.39 is 76.8 Å². The van der Waals surface area contributed by atoms with Crippen molar-refractivity contribution < 1.29 is 35.0 Å². The van der Waals surface area contributed by atoms with Crippen LogP contribution in [0.2, 0.25) is 0 Å². The number of benzene rings is 2. The highest BCUT2D eigenvalue weighted by atomic mass is 32.2. The van der Waals surface area contributed by atoms with Crippen LogP contribution >= 0.6 is 0 Å². The summed E-state index contributed by atoms with van der Waals surface area (Å²) in [4.78, 5) is -0.506. The zero-order valence-electron chi connectivity index (χ0n) is 24.5. The highest BCUT2D eigenvalue weighted by Crippen LogP contribution is 2.26. The molecule has 0 spiro atoms. The Hall–Kier alpha value is -2.29. The van der Waals surface area contributed by atoms with E-state index in [1.165, 1.54) is 18.2 Å². The topological polar surface area (TPSA) is 99.9 Å². The molecule has 0 saturated heterocycles.